The molecule has 0 unspecified atom stereocenters. The van der Waals surface area contributed by atoms with Crippen molar-refractivity contribution in [2.24, 2.45) is 5.10 Å². The highest BCUT2D eigenvalue weighted by Gasteiger charge is 2.15. The molecule has 0 heterocycles. The summed E-state index contributed by atoms with van der Waals surface area (Å²) >= 11 is 6.36. The lowest BCUT2D eigenvalue weighted by atomic mass is 10.1. The Bertz CT molecular complexity index is 1070. The first-order valence-corrected chi connectivity index (χ1v) is 11.2. The fourth-order valence-electron chi connectivity index (χ4n) is 2.88. The summed E-state index contributed by atoms with van der Waals surface area (Å²) in [5, 5.41) is 9.23. The lowest BCUT2D eigenvalue weighted by Gasteiger charge is -2.15. The number of ether oxygens (including phenoxy) is 2. The van der Waals surface area contributed by atoms with Gasteiger partial charge in [0, 0.05) is 12.2 Å². The minimum absolute atomic E-state index is 0.193. The molecule has 34 heavy (non-hydrogen) atoms. The van der Waals surface area contributed by atoms with E-state index in [-0.39, 0.29) is 23.3 Å². The third-order valence-corrected chi connectivity index (χ3v) is 4.74. The number of nitrogens with one attached hydrogen (secondary N) is 3. The first-order valence-electron chi connectivity index (χ1n) is 10.8. The van der Waals surface area contributed by atoms with Gasteiger partial charge in [0.15, 0.2) is 18.1 Å². The SMILES string of the molecule is CCCNC(=O)C(=O)N/N=C\c1cc(Cl)c(OCC(=O)Nc2ccc(C)cc2C)c(OCC)c1. The zero-order valence-electron chi connectivity index (χ0n) is 19.7. The Morgan fingerprint density at radius 1 is 1.06 bits per heavy atom. The second-order valence-electron chi connectivity index (χ2n) is 7.37. The quantitative estimate of drug-likeness (QED) is 0.269. The molecule has 2 rings (SSSR count). The Morgan fingerprint density at radius 3 is 2.50 bits per heavy atom. The van der Waals surface area contributed by atoms with Crippen LogP contribution in [0.15, 0.2) is 35.4 Å². The van der Waals surface area contributed by atoms with E-state index in [9.17, 15) is 14.4 Å². The topological polar surface area (TPSA) is 118 Å². The Labute approximate surface area is 203 Å². The van der Waals surface area contributed by atoms with Crippen molar-refractivity contribution in [1.82, 2.24) is 10.7 Å². The molecule has 3 amide bonds. The summed E-state index contributed by atoms with van der Waals surface area (Å²) in [4.78, 5) is 35.7. The molecule has 0 aromatic heterocycles. The van der Waals surface area contributed by atoms with Crippen molar-refractivity contribution in [3.63, 3.8) is 0 Å². The molecule has 2 aromatic carbocycles. The Kier molecular flexibility index (Phi) is 10.3. The van der Waals surface area contributed by atoms with Crippen LogP contribution in [-0.4, -0.2) is 43.7 Å². The lowest BCUT2D eigenvalue weighted by Crippen LogP contribution is -2.38. The van der Waals surface area contributed by atoms with Crippen LogP contribution < -0.4 is 25.5 Å². The van der Waals surface area contributed by atoms with Gasteiger partial charge in [-0.05, 0) is 56.5 Å². The number of carbonyl (C=O) groups excluding carboxylic acids is 3. The number of hydrogen-bond acceptors (Lipinski definition) is 6. The van der Waals surface area contributed by atoms with Gasteiger partial charge < -0.3 is 20.1 Å². The van der Waals surface area contributed by atoms with Gasteiger partial charge in [-0.2, -0.15) is 5.10 Å². The van der Waals surface area contributed by atoms with Crippen molar-refractivity contribution in [1.29, 1.82) is 0 Å². The molecule has 0 aliphatic heterocycles. The molecular weight excluding hydrogens is 460 g/mol. The molecule has 9 nitrogen and oxygen atoms in total. The van der Waals surface area contributed by atoms with Crippen LogP contribution in [0.4, 0.5) is 5.69 Å². The Morgan fingerprint density at radius 2 is 1.82 bits per heavy atom. The van der Waals surface area contributed by atoms with Crippen LogP contribution in [0, 0.1) is 13.8 Å². The fourth-order valence-corrected chi connectivity index (χ4v) is 3.15. The minimum atomic E-state index is -0.879. The second kappa shape index (κ2) is 13.2. The normalized spacial score (nSPS) is 10.6. The molecule has 0 saturated heterocycles. The highest BCUT2D eigenvalue weighted by atomic mass is 35.5. The van der Waals surface area contributed by atoms with Gasteiger partial charge in [-0.25, -0.2) is 5.43 Å². The van der Waals surface area contributed by atoms with Crippen molar-refractivity contribution in [3.8, 4) is 11.5 Å². The average molecular weight is 489 g/mol. The van der Waals surface area contributed by atoms with Crippen molar-refractivity contribution < 1.29 is 23.9 Å². The molecule has 0 aliphatic rings. The first kappa shape index (κ1) is 26.7. The van der Waals surface area contributed by atoms with Crippen LogP contribution in [0.5, 0.6) is 11.5 Å². The number of rotatable bonds is 10. The molecular formula is C24H29ClN4O5. The number of hydrazone groups is 1. The van der Waals surface area contributed by atoms with Gasteiger partial charge in [-0.15, -0.1) is 0 Å². The summed E-state index contributed by atoms with van der Waals surface area (Å²) in [5.41, 5.74) is 5.39. The van der Waals surface area contributed by atoms with Gasteiger partial charge in [0.25, 0.3) is 5.91 Å². The monoisotopic (exact) mass is 488 g/mol. The Hall–Kier alpha value is -3.59. The van der Waals surface area contributed by atoms with Crippen molar-refractivity contribution in [2.45, 2.75) is 34.1 Å². The molecule has 0 atom stereocenters. The molecule has 0 spiro atoms. The number of carbonyl (C=O) groups is 3. The van der Waals surface area contributed by atoms with E-state index >= 15 is 0 Å². The first-order chi connectivity index (χ1) is 16.2. The van der Waals surface area contributed by atoms with Gasteiger partial charge in [-0.3, -0.25) is 14.4 Å². The van der Waals surface area contributed by atoms with Crippen molar-refractivity contribution in [3.05, 3.63) is 52.0 Å². The van der Waals surface area contributed by atoms with Crippen LogP contribution in [0.3, 0.4) is 0 Å². The number of anilines is 1. The summed E-state index contributed by atoms with van der Waals surface area (Å²) in [7, 11) is 0. The maximum Gasteiger partial charge on any atom is 0.329 e. The van der Waals surface area contributed by atoms with Crippen LogP contribution >= 0.6 is 11.6 Å². The zero-order chi connectivity index (χ0) is 25.1. The number of nitrogens with zero attached hydrogens (tertiary/aromatic N) is 1. The number of hydrogen-bond donors (Lipinski definition) is 3. The zero-order valence-corrected chi connectivity index (χ0v) is 20.4. The molecule has 182 valence electrons. The second-order valence-corrected chi connectivity index (χ2v) is 7.78. The molecule has 0 bridgehead atoms. The van der Waals surface area contributed by atoms with Gasteiger partial charge >= 0.3 is 11.8 Å². The predicted molar refractivity (Wildman–Crippen MR) is 132 cm³/mol. The smallest absolute Gasteiger partial charge is 0.329 e. The van der Waals surface area contributed by atoms with E-state index in [4.69, 9.17) is 21.1 Å². The maximum atomic E-state index is 12.4. The molecule has 0 aliphatic carbocycles. The van der Waals surface area contributed by atoms with Crippen molar-refractivity contribution >= 4 is 41.2 Å². The fraction of sp³-hybridized carbons (Fsp3) is 0.333. The van der Waals surface area contributed by atoms with Gasteiger partial charge in [0.1, 0.15) is 0 Å². The lowest BCUT2D eigenvalue weighted by molar-refractivity contribution is -0.139. The predicted octanol–water partition coefficient (Wildman–Crippen LogP) is 3.35. The standard InChI is InChI=1S/C24H29ClN4O5/c1-5-9-26-23(31)24(32)29-27-13-17-11-18(25)22(20(12-17)33-6-2)34-14-21(30)28-19-8-7-15(3)10-16(19)4/h7-8,10-13H,5-6,9,14H2,1-4H3,(H,26,31)(H,28,30)(H,29,32)/b27-13-. The molecule has 0 fully saturated rings. The third-order valence-electron chi connectivity index (χ3n) is 4.46. The van der Waals surface area contributed by atoms with E-state index in [1.54, 1.807) is 13.0 Å². The van der Waals surface area contributed by atoms with E-state index < -0.39 is 11.8 Å². The molecule has 3 N–H and O–H groups in total. The number of amides is 3. The summed E-state index contributed by atoms with van der Waals surface area (Å²) < 4.78 is 11.2. The van der Waals surface area contributed by atoms with Crippen molar-refractivity contribution in [2.75, 3.05) is 25.1 Å². The van der Waals surface area contributed by atoms with Crippen LogP contribution in [0.25, 0.3) is 0 Å². The summed E-state index contributed by atoms with van der Waals surface area (Å²) in [5.74, 6) is -1.48. The number of benzene rings is 2. The van der Waals surface area contributed by atoms with Crippen LogP contribution in [0.1, 0.15) is 37.0 Å². The van der Waals surface area contributed by atoms with Crippen LogP contribution in [-0.2, 0) is 14.4 Å². The molecule has 0 radical (unpaired) electrons. The van der Waals surface area contributed by atoms with Gasteiger partial charge in [0.2, 0.25) is 0 Å². The average Bonchev–Trinajstić information content (AvgIpc) is 2.79. The minimum Gasteiger partial charge on any atom is -0.490 e. The Balaban J connectivity index is 2.05. The largest absolute Gasteiger partial charge is 0.490 e. The van der Waals surface area contributed by atoms with Gasteiger partial charge in [-0.1, -0.05) is 36.2 Å². The van der Waals surface area contributed by atoms with E-state index in [1.807, 2.05) is 39.0 Å². The summed E-state index contributed by atoms with van der Waals surface area (Å²) in [6, 6.07) is 8.85. The van der Waals surface area contributed by atoms with E-state index in [0.29, 0.717) is 36.6 Å². The van der Waals surface area contributed by atoms with Gasteiger partial charge in [0.05, 0.1) is 17.8 Å². The van der Waals surface area contributed by atoms with E-state index in [0.717, 1.165) is 11.1 Å². The molecule has 2 aromatic rings. The highest BCUT2D eigenvalue weighted by Crippen LogP contribution is 2.36. The van der Waals surface area contributed by atoms with E-state index in [2.05, 4.69) is 21.2 Å². The molecule has 10 heteroatoms. The summed E-state index contributed by atoms with van der Waals surface area (Å²) in [6.07, 6.45) is 2.03. The third kappa shape index (κ3) is 8.08. The highest BCUT2D eigenvalue weighted by molar-refractivity contribution is 6.35. The molecule has 0 saturated carbocycles. The van der Waals surface area contributed by atoms with Crippen LogP contribution in [0.2, 0.25) is 5.02 Å². The maximum absolute atomic E-state index is 12.4. The van der Waals surface area contributed by atoms with E-state index in [1.165, 1.54) is 12.3 Å². The number of halogens is 1. The number of aryl methyl sites for hydroxylation is 2. The summed E-state index contributed by atoms with van der Waals surface area (Å²) in [6.45, 7) is 8.01.